The Hall–Kier alpha value is -1.87. The third-order valence-corrected chi connectivity index (χ3v) is 2.72. The molecule has 0 bridgehead atoms. The van der Waals surface area contributed by atoms with Gasteiger partial charge in [0, 0.05) is 6.20 Å². The molecule has 0 saturated carbocycles. The molecular weight excluding hydrogens is 212 g/mol. The molecule has 3 heteroatoms. The van der Waals surface area contributed by atoms with Gasteiger partial charge in [-0.1, -0.05) is 18.2 Å². The largest absolute Gasteiger partial charge is 0.497 e. The van der Waals surface area contributed by atoms with Gasteiger partial charge in [-0.15, -0.1) is 0 Å². The van der Waals surface area contributed by atoms with E-state index in [0.29, 0.717) is 0 Å². The summed E-state index contributed by atoms with van der Waals surface area (Å²) in [7, 11) is 3.60. The average molecular weight is 228 g/mol. The molecule has 3 nitrogen and oxygen atoms in total. The van der Waals surface area contributed by atoms with Crippen LogP contribution in [0.5, 0.6) is 5.75 Å². The van der Waals surface area contributed by atoms with Crippen LogP contribution < -0.4 is 10.1 Å². The van der Waals surface area contributed by atoms with Crippen LogP contribution in [0.15, 0.2) is 48.7 Å². The summed E-state index contributed by atoms with van der Waals surface area (Å²) in [5, 5.41) is 3.27. The van der Waals surface area contributed by atoms with E-state index in [0.717, 1.165) is 11.4 Å². The first kappa shape index (κ1) is 11.6. The maximum absolute atomic E-state index is 5.15. The van der Waals surface area contributed by atoms with Crippen molar-refractivity contribution in [1.82, 2.24) is 10.3 Å². The summed E-state index contributed by atoms with van der Waals surface area (Å²) in [6, 6.07) is 14.1. The SMILES string of the molecule is CNC(c1ccc(OC)cc1)c1ccccn1. The number of ether oxygens (including phenoxy) is 1. The maximum Gasteiger partial charge on any atom is 0.118 e. The summed E-state index contributed by atoms with van der Waals surface area (Å²) >= 11 is 0. The second-order valence-electron chi connectivity index (χ2n) is 3.75. The molecule has 1 unspecified atom stereocenters. The number of methoxy groups -OCH3 is 1. The van der Waals surface area contributed by atoms with Crippen molar-refractivity contribution in [2.75, 3.05) is 14.2 Å². The summed E-state index contributed by atoms with van der Waals surface area (Å²) in [4.78, 5) is 4.38. The molecule has 1 atom stereocenters. The van der Waals surface area contributed by atoms with Crippen molar-refractivity contribution in [3.05, 3.63) is 59.9 Å². The van der Waals surface area contributed by atoms with Crippen LogP contribution in [0.4, 0.5) is 0 Å². The van der Waals surface area contributed by atoms with Crippen LogP contribution in [0.1, 0.15) is 17.3 Å². The fourth-order valence-corrected chi connectivity index (χ4v) is 1.83. The molecule has 0 saturated heterocycles. The first-order valence-corrected chi connectivity index (χ1v) is 5.57. The van der Waals surface area contributed by atoms with E-state index in [1.807, 2.05) is 43.6 Å². The zero-order valence-corrected chi connectivity index (χ0v) is 10.1. The molecule has 0 aliphatic rings. The molecule has 0 radical (unpaired) electrons. The van der Waals surface area contributed by atoms with E-state index in [9.17, 15) is 0 Å². The zero-order valence-electron chi connectivity index (χ0n) is 10.1. The molecular formula is C14H16N2O. The van der Waals surface area contributed by atoms with Gasteiger partial charge in [0.1, 0.15) is 5.75 Å². The highest BCUT2D eigenvalue weighted by atomic mass is 16.5. The fraction of sp³-hybridized carbons (Fsp3) is 0.214. The molecule has 88 valence electrons. The Bertz CT molecular complexity index is 453. The van der Waals surface area contributed by atoms with E-state index in [-0.39, 0.29) is 6.04 Å². The summed E-state index contributed by atoms with van der Waals surface area (Å²) < 4.78 is 5.15. The first-order valence-electron chi connectivity index (χ1n) is 5.57. The van der Waals surface area contributed by atoms with Crippen molar-refractivity contribution >= 4 is 0 Å². The van der Waals surface area contributed by atoms with Crippen molar-refractivity contribution in [3.63, 3.8) is 0 Å². The van der Waals surface area contributed by atoms with Crippen LogP contribution in [0.2, 0.25) is 0 Å². The van der Waals surface area contributed by atoms with Crippen LogP contribution in [-0.4, -0.2) is 19.1 Å². The van der Waals surface area contributed by atoms with Gasteiger partial charge in [0.05, 0.1) is 18.8 Å². The predicted molar refractivity (Wildman–Crippen MR) is 68.1 cm³/mol. The van der Waals surface area contributed by atoms with Gasteiger partial charge in [-0.05, 0) is 36.9 Å². The van der Waals surface area contributed by atoms with Crippen molar-refractivity contribution in [2.45, 2.75) is 6.04 Å². The Morgan fingerprint density at radius 2 is 1.88 bits per heavy atom. The Labute approximate surface area is 101 Å². The van der Waals surface area contributed by atoms with Gasteiger partial charge < -0.3 is 10.1 Å². The molecule has 1 aromatic carbocycles. The standard InChI is InChI=1S/C14H16N2O/c1-15-14(13-5-3-4-10-16-13)11-6-8-12(17-2)9-7-11/h3-10,14-15H,1-2H3. The van der Waals surface area contributed by atoms with Gasteiger partial charge >= 0.3 is 0 Å². The molecule has 0 spiro atoms. The van der Waals surface area contributed by atoms with Gasteiger partial charge in [-0.25, -0.2) is 0 Å². The quantitative estimate of drug-likeness (QED) is 0.872. The van der Waals surface area contributed by atoms with Crippen LogP contribution in [0.3, 0.4) is 0 Å². The number of nitrogens with zero attached hydrogens (tertiary/aromatic N) is 1. The minimum absolute atomic E-state index is 0.113. The number of pyridine rings is 1. The molecule has 1 heterocycles. The van der Waals surface area contributed by atoms with Crippen LogP contribution >= 0.6 is 0 Å². The Kier molecular flexibility index (Phi) is 3.73. The fourth-order valence-electron chi connectivity index (χ4n) is 1.83. The van der Waals surface area contributed by atoms with Crippen LogP contribution in [0, 0.1) is 0 Å². The number of rotatable bonds is 4. The highest BCUT2D eigenvalue weighted by molar-refractivity contribution is 5.33. The highest BCUT2D eigenvalue weighted by Crippen LogP contribution is 2.22. The molecule has 1 N–H and O–H groups in total. The molecule has 0 aliphatic heterocycles. The molecule has 2 rings (SSSR count). The number of hydrogen-bond donors (Lipinski definition) is 1. The maximum atomic E-state index is 5.15. The predicted octanol–water partition coefficient (Wildman–Crippen LogP) is 2.40. The smallest absolute Gasteiger partial charge is 0.118 e. The van der Waals surface area contributed by atoms with Crippen molar-refractivity contribution < 1.29 is 4.74 Å². The molecule has 1 aromatic heterocycles. The Balaban J connectivity index is 2.29. The van der Waals surface area contributed by atoms with Crippen LogP contribution in [-0.2, 0) is 0 Å². The van der Waals surface area contributed by atoms with E-state index >= 15 is 0 Å². The van der Waals surface area contributed by atoms with Gasteiger partial charge in [-0.2, -0.15) is 0 Å². The molecule has 0 fully saturated rings. The normalized spacial score (nSPS) is 12.1. The number of hydrogen-bond acceptors (Lipinski definition) is 3. The molecule has 0 amide bonds. The lowest BCUT2D eigenvalue weighted by Crippen LogP contribution is -2.18. The van der Waals surface area contributed by atoms with E-state index in [1.165, 1.54) is 5.56 Å². The minimum atomic E-state index is 0.113. The third kappa shape index (κ3) is 2.63. The molecule has 0 aliphatic carbocycles. The summed E-state index contributed by atoms with van der Waals surface area (Å²) in [6.45, 7) is 0. The second kappa shape index (κ2) is 5.46. The highest BCUT2D eigenvalue weighted by Gasteiger charge is 2.12. The van der Waals surface area contributed by atoms with Crippen LogP contribution in [0.25, 0.3) is 0 Å². The lowest BCUT2D eigenvalue weighted by atomic mass is 10.0. The average Bonchev–Trinajstić information content (AvgIpc) is 2.42. The minimum Gasteiger partial charge on any atom is -0.497 e. The van der Waals surface area contributed by atoms with Crippen molar-refractivity contribution in [2.24, 2.45) is 0 Å². The Morgan fingerprint density at radius 1 is 1.12 bits per heavy atom. The lowest BCUT2D eigenvalue weighted by Gasteiger charge is -2.16. The van der Waals surface area contributed by atoms with E-state index < -0.39 is 0 Å². The van der Waals surface area contributed by atoms with E-state index in [1.54, 1.807) is 7.11 Å². The molecule has 2 aromatic rings. The van der Waals surface area contributed by atoms with Crippen molar-refractivity contribution in [1.29, 1.82) is 0 Å². The van der Waals surface area contributed by atoms with Gasteiger partial charge in [0.15, 0.2) is 0 Å². The molecule has 17 heavy (non-hydrogen) atoms. The lowest BCUT2D eigenvalue weighted by molar-refractivity contribution is 0.414. The van der Waals surface area contributed by atoms with E-state index in [2.05, 4.69) is 22.4 Å². The summed E-state index contributed by atoms with van der Waals surface area (Å²) in [5.74, 6) is 0.865. The second-order valence-corrected chi connectivity index (χ2v) is 3.75. The number of benzene rings is 1. The number of aromatic nitrogens is 1. The Morgan fingerprint density at radius 3 is 2.41 bits per heavy atom. The summed E-state index contributed by atoms with van der Waals surface area (Å²) in [6.07, 6.45) is 1.81. The monoisotopic (exact) mass is 228 g/mol. The summed E-state index contributed by atoms with van der Waals surface area (Å²) in [5.41, 5.74) is 2.19. The third-order valence-electron chi connectivity index (χ3n) is 2.72. The van der Waals surface area contributed by atoms with Gasteiger partial charge in [-0.3, -0.25) is 4.98 Å². The number of nitrogens with one attached hydrogen (secondary N) is 1. The topological polar surface area (TPSA) is 34.1 Å². The first-order chi connectivity index (χ1) is 8.35. The zero-order chi connectivity index (χ0) is 12.1. The van der Waals surface area contributed by atoms with E-state index in [4.69, 9.17) is 4.74 Å². The van der Waals surface area contributed by atoms with Gasteiger partial charge in [0.2, 0.25) is 0 Å². The van der Waals surface area contributed by atoms with Crippen molar-refractivity contribution in [3.8, 4) is 5.75 Å². The van der Waals surface area contributed by atoms with Gasteiger partial charge in [0.25, 0.3) is 0 Å².